The molecule has 0 fully saturated rings. The minimum absolute atomic E-state index is 0.117. The van der Waals surface area contributed by atoms with Crippen molar-refractivity contribution < 1.29 is 18.3 Å². The predicted molar refractivity (Wildman–Crippen MR) is 135 cm³/mol. The molecule has 0 aliphatic heterocycles. The van der Waals surface area contributed by atoms with Gasteiger partial charge in [-0.2, -0.15) is 5.10 Å². The van der Waals surface area contributed by atoms with Crippen molar-refractivity contribution in [2.24, 2.45) is 0 Å². The molecule has 0 bridgehead atoms. The molecule has 0 amide bonds. The number of halogens is 1. The maximum Gasteiger partial charge on any atom is 0.228 e. The van der Waals surface area contributed by atoms with Gasteiger partial charge >= 0.3 is 0 Å². The molecule has 7 heteroatoms. The van der Waals surface area contributed by atoms with Gasteiger partial charge in [0.25, 0.3) is 0 Å². The van der Waals surface area contributed by atoms with Crippen LogP contribution in [0.5, 0.6) is 5.75 Å². The fourth-order valence-electron chi connectivity index (χ4n) is 4.24. The molecule has 3 aromatic carbocycles. The summed E-state index contributed by atoms with van der Waals surface area (Å²) in [5.74, 6) is 0.154. The van der Waals surface area contributed by atoms with Crippen LogP contribution < -0.4 is 4.74 Å². The van der Waals surface area contributed by atoms with Gasteiger partial charge in [-0.25, -0.2) is 13.9 Å². The molecule has 6 rings (SSSR count). The fourth-order valence-corrected chi connectivity index (χ4v) is 4.24. The molecule has 0 aliphatic rings. The van der Waals surface area contributed by atoms with E-state index < -0.39 is 5.82 Å². The number of benzene rings is 3. The van der Waals surface area contributed by atoms with Crippen molar-refractivity contribution in [2.75, 3.05) is 7.11 Å². The quantitative estimate of drug-likeness (QED) is 0.265. The summed E-state index contributed by atoms with van der Waals surface area (Å²) in [6.45, 7) is 1.95. The first-order valence-electron chi connectivity index (χ1n) is 11.3. The minimum Gasteiger partial charge on any atom is -0.497 e. The van der Waals surface area contributed by atoms with Crippen molar-refractivity contribution >= 4 is 22.4 Å². The Bertz CT molecular complexity index is 1750. The van der Waals surface area contributed by atoms with Gasteiger partial charge in [-0.15, -0.1) is 0 Å². The molecule has 0 atom stereocenters. The van der Waals surface area contributed by atoms with Crippen LogP contribution >= 0.6 is 0 Å². The third kappa shape index (κ3) is 3.71. The molecule has 0 aliphatic carbocycles. The molecule has 3 aromatic heterocycles. The molecule has 0 N–H and O–H groups in total. The van der Waals surface area contributed by atoms with E-state index >= 15 is 0 Å². The van der Waals surface area contributed by atoms with Crippen molar-refractivity contribution in [1.29, 1.82) is 0 Å². The third-order valence-corrected chi connectivity index (χ3v) is 6.14. The lowest BCUT2D eigenvalue weighted by Crippen LogP contribution is -2.02. The van der Waals surface area contributed by atoms with Gasteiger partial charge < -0.3 is 9.15 Å². The standard InChI is InChI=1S/C29H20FN3O3/c1-17-3-5-19(6-4-17)28(34)29-27(22-15-20(30)9-12-25(22)36-29)23-13-14-33-26(31-23)16-24(32-33)18-7-10-21(35-2)11-8-18/h3-16H,1-2H3. The van der Waals surface area contributed by atoms with Gasteiger partial charge in [-0.1, -0.05) is 29.8 Å². The molecule has 0 saturated carbocycles. The van der Waals surface area contributed by atoms with Crippen LogP contribution in [-0.4, -0.2) is 27.5 Å². The number of carbonyl (C=O) groups is 1. The third-order valence-electron chi connectivity index (χ3n) is 6.14. The number of nitrogens with zero attached hydrogens (tertiary/aromatic N) is 3. The van der Waals surface area contributed by atoms with Gasteiger partial charge in [0.05, 0.1) is 24.1 Å². The van der Waals surface area contributed by atoms with Crippen LogP contribution in [0.2, 0.25) is 0 Å². The zero-order valence-corrected chi connectivity index (χ0v) is 19.5. The Morgan fingerprint density at radius 1 is 0.944 bits per heavy atom. The van der Waals surface area contributed by atoms with Crippen LogP contribution in [0.1, 0.15) is 21.7 Å². The highest BCUT2D eigenvalue weighted by Gasteiger charge is 2.25. The number of aryl methyl sites for hydroxylation is 1. The first kappa shape index (κ1) is 21.7. The zero-order valence-electron chi connectivity index (χ0n) is 19.5. The normalized spacial score (nSPS) is 11.3. The number of hydrogen-bond acceptors (Lipinski definition) is 5. The summed E-state index contributed by atoms with van der Waals surface area (Å²) < 4.78 is 27.1. The van der Waals surface area contributed by atoms with Crippen molar-refractivity contribution in [3.05, 3.63) is 108 Å². The molecule has 176 valence electrons. The molecule has 0 spiro atoms. The van der Waals surface area contributed by atoms with Crippen LogP contribution in [0, 0.1) is 12.7 Å². The van der Waals surface area contributed by atoms with Gasteiger partial charge in [0.2, 0.25) is 5.78 Å². The topological polar surface area (TPSA) is 69.6 Å². The lowest BCUT2D eigenvalue weighted by atomic mass is 10.0. The van der Waals surface area contributed by atoms with Gasteiger partial charge in [0, 0.05) is 28.8 Å². The number of rotatable bonds is 5. The van der Waals surface area contributed by atoms with E-state index in [1.165, 1.54) is 18.2 Å². The van der Waals surface area contributed by atoms with Crippen LogP contribution in [0.25, 0.3) is 39.1 Å². The Hall–Kier alpha value is -4.78. The van der Waals surface area contributed by atoms with E-state index in [4.69, 9.17) is 14.1 Å². The number of ether oxygens (including phenoxy) is 1. The Labute approximate surface area is 205 Å². The maximum absolute atomic E-state index is 14.2. The molecule has 0 unspecified atom stereocenters. The van der Waals surface area contributed by atoms with Gasteiger partial charge in [0.15, 0.2) is 11.4 Å². The Kier molecular flexibility index (Phi) is 5.11. The SMILES string of the molecule is COc1ccc(-c2cc3nc(-c4c(C(=O)c5ccc(C)cc5)oc5ccc(F)cc45)ccn3n2)cc1. The van der Waals surface area contributed by atoms with E-state index in [2.05, 4.69) is 5.10 Å². The first-order valence-corrected chi connectivity index (χ1v) is 11.3. The minimum atomic E-state index is -0.425. The first-order chi connectivity index (χ1) is 17.5. The van der Waals surface area contributed by atoms with Gasteiger partial charge in [-0.3, -0.25) is 4.79 Å². The largest absolute Gasteiger partial charge is 0.497 e. The Balaban J connectivity index is 1.50. The van der Waals surface area contributed by atoms with E-state index in [0.29, 0.717) is 33.4 Å². The van der Waals surface area contributed by atoms with E-state index in [1.807, 2.05) is 49.4 Å². The lowest BCUT2D eigenvalue weighted by Gasteiger charge is -2.04. The molecule has 36 heavy (non-hydrogen) atoms. The number of fused-ring (bicyclic) bond motifs is 2. The molecule has 6 nitrogen and oxygen atoms in total. The highest BCUT2D eigenvalue weighted by molar-refractivity contribution is 6.15. The number of furan rings is 1. The molecular formula is C29H20FN3O3. The van der Waals surface area contributed by atoms with Crippen molar-refractivity contribution in [3.8, 4) is 28.3 Å². The number of ketones is 1. The zero-order chi connectivity index (χ0) is 24.8. The monoisotopic (exact) mass is 477 g/mol. The second kappa shape index (κ2) is 8.46. The van der Waals surface area contributed by atoms with Crippen LogP contribution in [0.4, 0.5) is 4.39 Å². The summed E-state index contributed by atoms with van der Waals surface area (Å²) in [5.41, 5.74) is 5.10. The van der Waals surface area contributed by atoms with E-state index in [-0.39, 0.29) is 11.5 Å². The van der Waals surface area contributed by atoms with Crippen molar-refractivity contribution in [3.63, 3.8) is 0 Å². The van der Waals surface area contributed by atoms with Gasteiger partial charge in [-0.05, 0) is 55.5 Å². The molecule has 6 aromatic rings. The molecule has 3 heterocycles. The average molecular weight is 477 g/mol. The smallest absolute Gasteiger partial charge is 0.228 e. The van der Waals surface area contributed by atoms with Crippen LogP contribution in [0.15, 0.2) is 89.5 Å². The molecule has 0 saturated heterocycles. The highest BCUT2D eigenvalue weighted by atomic mass is 19.1. The number of hydrogen-bond donors (Lipinski definition) is 0. The summed E-state index contributed by atoms with van der Waals surface area (Å²) in [4.78, 5) is 18.2. The Morgan fingerprint density at radius 3 is 2.47 bits per heavy atom. The van der Waals surface area contributed by atoms with Crippen LogP contribution in [0.3, 0.4) is 0 Å². The molecular weight excluding hydrogens is 457 g/mol. The highest BCUT2D eigenvalue weighted by Crippen LogP contribution is 2.36. The number of methoxy groups -OCH3 is 1. The van der Waals surface area contributed by atoms with Crippen molar-refractivity contribution in [2.45, 2.75) is 6.92 Å². The Morgan fingerprint density at radius 2 is 1.72 bits per heavy atom. The van der Waals surface area contributed by atoms with Crippen molar-refractivity contribution in [1.82, 2.24) is 14.6 Å². The second-order valence-electron chi connectivity index (χ2n) is 8.52. The number of aromatic nitrogens is 3. The van der Waals surface area contributed by atoms with E-state index in [9.17, 15) is 9.18 Å². The van der Waals surface area contributed by atoms with Gasteiger partial charge in [0.1, 0.15) is 17.1 Å². The van der Waals surface area contributed by atoms with Crippen LogP contribution in [-0.2, 0) is 0 Å². The van der Waals surface area contributed by atoms with E-state index in [1.54, 1.807) is 36.0 Å². The average Bonchev–Trinajstić information content (AvgIpc) is 3.49. The summed E-state index contributed by atoms with van der Waals surface area (Å²) in [6, 6.07) is 22.6. The summed E-state index contributed by atoms with van der Waals surface area (Å²) in [7, 11) is 1.62. The lowest BCUT2D eigenvalue weighted by molar-refractivity contribution is 0.101. The molecule has 0 radical (unpaired) electrons. The maximum atomic E-state index is 14.2. The van der Waals surface area contributed by atoms with E-state index in [0.717, 1.165) is 22.6 Å². The fraction of sp³-hybridized carbons (Fsp3) is 0.0690. The predicted octanol–water partition coefficient (Wildman–Crippen LogP) is 6.50. The number of carbonyl (C=O) groups excluding carboxylic acids is 1. The summed E-state index contributed by atoms with van der Waals surface area (Å²) >= 11 is 0. The summed E-state index contributed by atoms with van der Waals surface area (Å²) in [5, 5.41) is 5.10. The summed E-state index contributed by atoms with van der Waals surface area (Å²) in [6.07, 6.45) is 1.77. The second-order valence-corrected chi connectivity index (χ2v) is 8.52.